The van der Waals surface area contributed by atoms with Crippen molar-refractivity contribution in [2.75, 3.05) is 0 Å². The fraction of sp³-hybridized carbons (Fsp3) is 0.556. The molecule has 6 heteroatoms. The van der Waals surface area contributed by atoms with Crippen LogP contribution in [0, 0.1) is 0 Å². The van der Waals surface area contributed by atoms with Crippen molar-refractivity contribution >= 4 is 5.78 Å². The molecule has 15 heavy (non-hydrogen) atoms. The van der Waals surface area contributed by atoms with E-state index in [2.05, 4.69) is 5.10 Å². The van der Waals surface area contributed by atoms with E-state index in [1.807, 2.05) is 0 Å². The quantitative estimate of drug-likeness (QED) is 0.776. The Morgan fingerprint density at radius 2 is 2.20 bits per heavy atom. The summed E-state index contributed by atoms with van der Waals surface area (Å²) < 4.78 is 36.9. The summed E-state index contributed by atoms with van der Waals surface area (Å²) in [5.41, 5.74) is 0.771. The molecule has 0 atom stereocenters. The number of alkyl halides is 3. The number of carbonyl (C=O) groups excluding carboxylic acids is 1. The second-order valence-corrected chi connectivity index (χ2v) is 3.35. The topological polar surface area (TPSA) is 34.9 Å². The Morgan fingerprint density at radius 1 is 1.53 bits per heavy atom. The fourth-order valence-corrected chi connectivity index (χ4v) is 1.20. The summed E-state index contributed by atoms with van der Waals surface area (Å²) in [7, 11) is 1.71. The molecule has 1 aromatic rings. The third-order valence-corrected chi connectivity index (χ3v) is 1.85. The Morgan fingerprint density at radius 3 is 2.67 bits per heavy atom. The van der Waals surface area contributed by atoms with Crippen molar-refractivity contribution in [2.24, 2.45) is 7.05 Å². The van der Waals surface area contributed by atoms with Gasteiger partial charge in [0.25, 0.3) is 0 Å². The van der Waals surface area contributed by atoms with Crippen molar-refractivity contribution < 1.29 is 18.0 Å². The third kappa shape index (κ3) is 4.62. The van der Waals surface area contributed by atoms with Crippen molar-refractivity contribution in [3.05, 3.63) is 18.0 Å². The van der Waals surface area contributed by atoms with E-state index in [1.165, 1.54) is 0 Å². The zero-order chi connectivity index (χ0) is 11.5. The molecule has 0 fully saturated rings. The molecule has 0 bridgehead atoms. The second kappa shape index (κ2) is 4.46. The van der Waals surface area contributed by atoms with Gasteiger partial charge in [-0.15, -0.1) is 0 Å². The highest BCUT2D eigenvalue weighted by molar-refractivity contribution is 5.79. The molecule has 0 aliphatic heterocycles. The summed E-state index contributed by atoms with van der Waals surface area (Å²) in [6, 6.07) is 0. The summed E-state index contributed by atoms with van der Waals surface area (Å²) in [5.74, 6) is -0.786. The number of aryl methyl sites for hydroxylation is 2. The predicted molar refractivity (Wildman–Crippen MR) is 47.2 cm³/mol. The number of hydrogen-bond donors (Lipinski definition) is 0. The Labute approximate surface area is 84.9 Å². The third-order valence-electron chi connectivity index (χ3n) is 1.85. The second-order valence-electron chi connectivity index (χ2n) is 3.35. The summed E-state index contributed by atoms with van der Waals surface area (Å²) in [6.45, 7) is 0. The molecule has 1 aromatic heterocycles. The van der Waals surface area contributed by atoms with Gasteiger partial charge in [0.05, 0.1) is 6.20 Å². The average Bonchev–Trinajstić information content (AvgIpc) is 2.45. The van der Waals surface area contributed by atoms with Crippen LogP contribution < -0.4 is 0 Å². The van der Waals surface area contributed by atoms with E-state index in [-0.39, 0.29) is 6.42 Å². The van der Waals surface area contributed by atoms with E-state index in [9.17, 15) is 18.0 Å². The first-order valence-electron chi connectivity index (χ1n) is 4.43. The Hall–Kier alpha value is -1.33. The molecule has 1 heterocycles. The van der Waals surface area contributed by atoms with Gasteiger partial charge in [-0.2, -0.15) is 18.3 Å². The summed E-state index contributed by atoms with van der Waals surface area (Å²) in [4.78, 5) is 10.9. The van der Waals surface area contributed by atoms with E-state index >= 15 is 0 Å². The Bertz CT molecular complexity index is 343. The lowest BCUT2D eigenvalue weighted by molar-refractivity contribution is -0.152. The van der Waals surface area contributed by atoms with Crippen LogP contribution in [0.5, 0.6) is 0 Å². The molecular weight excluding hydrogens is 209 g/mol. The van der Waals surface area contributed by atoms with E-state index in [1.54, 1.807) is 24.1 Å². The maximum absolute atomic E-state index is 11.8. The molecule has 0 saturated carbocycles. The van der Waals surface area contributed by atoms with Crippen LogP contribution in [0.4, 0.5) is 13.2 Å². The highest BCUT2D eigenvalue weighted by Gasteiger charge is 2.30. The first kappa shape index (κ1) is 11.7. The van der Waals surface area contributed by atoms with Crippen LogP contribution in [-0.2, 0) is 18.3 Å². The van der Waals surface area contributed by atoms with Crippen LogP contribution in [0.25, 0.3) is 0 Å². The van der Waals surface area contributed by atoms with Gasteiger partial charge in [0, 0.05) is 19.7 Å². The number of hydrogen-bond acceptors (Lipinski definition) is 2. The Balaban J connectivity index is 2.35. The standard InChI is InChI=1S/C9H11F3N2O/c1-14-6-7(5-13-14)2-3-8(15)4-9(10,11)12/h5-6H,2-4H2,1H3. The Kier molecular flexibility index (Phi) is 3.49. The monoisotopic (exact) mass is 220 g/mol. The molecule has 0 N–H and O–H groups in total. The lowest BCUT2D eigenvalue weighted by Crippen LogP contribution is -2.15. The van der Waals surface area contributed by atoms with Gasteiger partial charge in [-0.25, -0.2) is 0 Å². The van der Waals surface area contributed by atoms with Crippen LogP contribution in [0.3, 0.4) is 0 Å². The molecule has 0 unspecified atom stereocenters. The van der Waals surface area contributed by atoms with Crippen LogP contribution in [0.1, 0.15) is 18.4 Å². The molecule has 84 valence electrons. The number of carbonyl (C=O) groups is 1. The fourth-order valence-electron chi connectivity index (χ4n) is 1.20. The first-order chi connectivity index (χ1) is 6.87. The van der Waals surface area contributed by atoms with Gasteiger partial charge < -0.3 is 0 Å². The normalized spacial score (nSPS) is 11.7. The molecule has 0 radical (unpaired) electrons. The smallest absolute Gasteiger partial charge is 0.299 e. The SMILES string of the molecule is Cn1cc(CCC(=O)CC(F)(F)F)cn1. The van der Waals surface area contributed by atoms with Gasteiger partial charge in [-0.05, 0) is 12.0 Å². The number of rotatable bonds is 4. The number of halogens is 3. The van der Waals surface area contributed by atoms with Gasteiger partial charge in [0.15, 0.2) is 0 Å². The molecular formula is C9H11F3N2O. The number of Topliss-reactive ketones (excluding diaryl/α,β-unsaturated/α-hetero) is 1. The van der Waals surface area contributed by atoms with Gasteiger partial charge >= 0.3 is 6.18 Å². The van der Waals surface area contributed by atoms with E-state index in [0.717, 1.165) is 5.56 Å². The van der Waals surface area contributed by atoms with Crippen LogP contribution in [0.2, 0.25) is 0 Å². The van der Waals surface area contributed by atoms with Crippen LogP contribution >= 0.6 is 0 Å². The summed E-state index contributed by atoms with van der Waals surface area (Å²) in [6.07, 6.45) is -2.30. The summed E-state index contributed by atoms with van der Waals surface area (Å²) >= 11 is 0. The predicted octanol–water partition coefficient (Wildman–Crippen LogP) is 1.87. The molecule has 0 saturated heterocycles. The van der Waals surface area contributed by atoms with Gasteiger partial charge in [-0.3, -0.25) is 9.48 Å². The number of ketones is 1. The minimum absolute atomic E-state index is 0.0921. The van der Waals surface area contributed by atoms with Gasteiger partial charge in [-0.1, -0.05) is 0 Å². The largest absolute Gasteiger partial charge is 0.395 e. The molecule has 0 aliphatic rings. The van der Waals surface area contributed by atoms with Crippen molar-refractivity contribution in [3.8, 4) is 0 Å². The van der Waals surface area contributed by atoms with E-state index in [0.29, 0.717) is 6.42 Å². The molecule has 0 aromatic carbocycles. The van der Waals surface area contributed by atoms with Crippen molar-refractivity contribution in [1.29, 1.82) is 0 Å². The van der Waals surface area contributed by atoms with Crippen molar-refractivity contribution in [1.82, 2.24) is 9.78 Å². The molecule has 0 amide bonds. The van der Waals surface area contributed by atoms with Crippen LogP contribution in [-0.4, -0.2) is 21.7 Å². The van der Waals surface area contributed by atoms with E-state index in [4.69, 9.17) is 0 Å². The maximum atomic E-state index is 11.8. The van der Waals surface area contributed by atoms with Crippen LogP contribution in [0.15, 0.2) is 12.4 Å². The first-order valence-corrected chi connectivity index (χ1v) is 4.43. The lowest BCUT2D eigenvalue weighted by Gasteiger charge is -2.03. The van der Waals surface area contributed by atoms with E-state index < -0.39 is 18.4 Å². The minimum Gasteiger partial charge on any atom is -0.299 e. The zero-order valence-corrected chi connectivity index (χ0v) is 8.21. The number of nitrogens with zero attached hydrogens (tertiary/aromatic N) is 2. The number of aromatic nitrogens is 2. The highest BCUT2D eigenvalue weighted by Crippen LogP contribution is 2.20. The zero-order valence-electron chi connectivity index (χ0n) is 8.21. The molecule has 1 rings (SSSR count). The summed E-state index contributed by atoms with van der Waals surface area (Å²) in [5, 5.41) is 3.85. The molecule has 0 spiro atoms. The maximum Gasteiger partial charge on any atom is 0.395 e. The molecule has 3 nitrogen and oxygen atoms in total. The van der Waals surface area contributed by atoms with Crippen molar-refractivity contribution in [3.63, 3.8) is 0 Å². The minimum atomic E-state index is -4.40. The van der Waals surface area contributed by atoms with Crippen molar-refractivity contribution in [2.45, 2.75) is 25.4 Å². The van der Waals surface area contributed by atoms with Gasteiger partial charge in [0.2, 0.25) is 0 Å². The van der Waals surface area contributed by atoms with Gasteiger partial charge in [0.1, 0.15) is 12.2 Å². The average molecular weight is 220 g/mol. The lowest BCUT2D eigenvalue weighted by atomic mass is 10.1. The molecule has 0 aliphatic carbocycles. The highest BCUT2D eigenvalue weighted by atomic mass is 19.4.